The Morgan fingerprint density at radius 2 is 1.93 bits per heavy atom. The number of hydrogen-bond acceptors (Lipinski definition) is 3. The van der Waals surface area contributed by atoms with Crippen molar-refractivity contribution in [1.29, 1.82) is 0 Å². The number of anilines is 1. The quantitative estimate of drug-likeness (QED) is 0.841. The van der Waals surface area contributed by atoms with Gasteiger partial charge in [-0.15, -0.1) is 0 Å². The van der Waals surface area contributed by atoms with E-state index in [1.165, 1.54) is 23.4 Å². The number of amides is 1. The van der Waals surface area contributed by atoms with Crippen molar-refractivity contribution in [2.75, 3.05) is 51.3 Å². The lowest BCUT2D eigenvalue weighted by molar-refractivity contribution is -0.911. The summed E-state index contributed by atoms with van der Waals surface area (Å²) in [5.41, 5.74) is 2.47. The van der Waals surface area contributed by atoms with Crippen LogP contribution in [0.1, 0.15) is 24.6 Å². The summed E-state index contributed by atoms with van der Waals surface area (Å²) >= 11 is 0. The van der Waals surface area contributed by atoms with Gasteiger partial charge in [0.25, 0.3) is 5.91 Å². The largest absolute Gasteiger partial charge is 0.495 e. The number of carbonyl (C=O) groups excluding carboxylic acids is 1. The number of nitrogens with zero attached hydrogens (tertiary/aromatic N) is 3. The Kier molecular flexibility index (Phi) is 5.57. The number of aromatic nitrogens is 1. The van der Waals surface area contributed by atoms with Crippen LogP contribution in [0.5, 0.6) is 5.75 Å². The highest BCUT2D eigenvalue weighted by Crippen LogP contribution is 2.28. The lowest BCUT2D eigenvalue weighted by atomic mass is 10.1. The molecule has 3 heterocycles. The summed E-state index contributed by atoms with van der Waals surface area (Å²) in [4.78, 5) is 18.7. The number of ether oxygens (including phenoxy) is 1. The SMILES string of the molecule is COc1ccccc1N1CCN(C(=O)C[NH+]2CCC[C@H]2c2cccn2C)CC1. The highest BCUT2D eigenvalue weighted by molar-refractivity contribution is 5.77. The number of methoxy groups -OCH3 is 1. The maximum absolute atomic E-state index is 13.0. The predicted molar refractivity (Wildman–Crippen MR) is 110 cm³/mol. The van der Waals surface area contributed by atoms with Gasteiger partial charge in [-0.1, -0.05) is 12.1 Å². The second-order valence-corrected chi connectivity index (χ2v) is 7.86. The van der Waals surface area contributed by atoms with E-state index in [0.29, 0.717) is 12.6 Å². The fourth-order valence-electron chi connectivity index (χ4n) is 4.71. The molecule has 1 N–H and O–H groups in total. The summed E-state index contributed by atoms with van der Waals surface area (Å²) < 4.78 is 7.69. The first-order valence-corrected chi connectivity index (χ1v) is 10.3. The molecular weight excluding hydrogens is 352 g/mol. The molecule has 150 valence electrons. The monoisotopic (exact) mass is 383 g/mol. The molecule has 0 aliphatic carbocycles. The Labute approximate surface area is 167 Å². The number of aryl methyl sites for hydroxylation is 1. The number of piperazine rings is 1. The average Bonchev–Trinajstić information content (AvgIpc) is 3.36. The molecule has 1 aromatic carbocycles. The number of rotatable bonds is 5. The van der Waals surface area contributed by atoms with Gasteiger partial charge in [0, 0.05) is 52.3 Å². The summed E-state index contributed by atoms with van der Waals surface area (Å²) in [6, 6.07) is 12.9. The topological polar surface area (TPSA) is 42.1 Å². The van der Waals surface area contributed by atoms with Crippen molar-refractivity contribution >= 4 is 11.6 Å². The number of likely N-dealkylation sites (tertiary alicyclic amines) is 1. The molecule has 2 aromatic rings. The molecule has 0 radical (unpaired) electrons. The van der Waals surface area contributed by atoms with E-state index in [1.54, 1.807) is 7.11 Å². The van der Waals surface area contributed by atoms with Crippen LogP contribution in [0.2, 0.25) is 0 Å². The van der Waals surface area contributed by atoms with Crippen LogP contribution in [0.15, 0.2) is 42.6 Å². The van der Waals surface area contributed by atoms with E-state index < -0.39 is 0 Å². The maximum Gasteiger partial charge on any atom is 0.277 e. The number of benzene rings is 1. The molecule has 2 aliphatic rings. The Morgan fingerprint density at radius 1 is 1.14 bits per heavy atom. The first-order chi connectivity index (χ1) is 13.7. The van der Waals surface area contributed by atoms with Crippen LogP contribution in [-0.4, -0.2) is 61.8 Å². The molecular formula is C22H31N4O2+. The van der Waals surface area contributed by atoms with Crippen LogP contribution in [0.3, 0.4) is 0 Å². The van der Waals surface area contributed by atoms with E-state index in [1.807, 2.05) is 23.1 Å². The molecule has 0 saturated carbocycles. The highest BCUT2D eigenvalue weighted by Gasteiger charge is 2.34. The molecule has 2 atom stereocenters. The number of carbonyl (C=O) groups is 1. The third kappa shape index (κ3) is 3.74. The lowest BCUT2D eigenvalue weighted by Gasteiger charge is -2.37. The van der Waals surface area contributed by atoms with Crippen molar-refractivity contribution in [3.63, 3.8) is 0 Å². The number of quaternary nitrogens is 1. The van der Waals surface area contributed by atoms with Gasteiger partial charge in [-0.3, -0.25) is 4.79 Å². The van der Waals surface area contributed by atoms with Crippen molar-refractivity contribution in [2.45, 2.75) is 18.9 Å². The number of hydrogen-bond donors (Lipinski definition) is 1. The Balaban J connectivity index is 1.35. The van der Waals surface area contributed by atoms with Crippen LogP contribution in [0.4, 0.5) is 5.69 Å². The van der Waals surface area contributed by atoms with Gasteiger partial charge in [0.15, 0.2) is 6.54 Å². The minimum absolute atomic E-state index is 0.288. The second-order valence-electron chi connectivity index (χ2n) is 7.86. The third-order valence-corrected chi connectivity index (χ3v) is 6.26. The molecule has 6 heteroatoms. The molecule has 2 aliphatic heterocycles. The molecule has 4 rings (SSSR count). The van der Waals surface area contributed by atoms with Gasteiger partial charge < -0.3 is 24.0 Å². The number of nitrogens with one attached hydrogen (secondary N) is 1. The zero-order valence-corrected chi connectivity index (χ0v) is 16.9. The molecule has 28 heavy (non-hydrogen) atoms. The first-order valence-electron chi connectivity index (χ1n) is 10.3. The van der Waals surface area contributed by atoms with Gasteiger partial charge in [-0.25, -0.2) is 0 Å². The minimum atomic E-state index is 0.288. The van der Waals surface area contributed by atoms with Crippen LogP contribution in [0.25, 0.3) is 0 Å². The van der Waals surface area contributed by atoms with Crippen molar-refractivity contribution in [2.24, 2.45) is 7.05 Å². The van der Waals surface area contributed by atoms with Gasteiger partial charge >= 0.3 is 0 Å². The van der Waals surface area contributed by atoms with Crippen molar-refractivity contribution < 1.29 is 14.4 Å². The van der Waals surface area contributed by atoms with Gasteiger partial charge in [-0.05, 0) is 24.3 Å². The van der Waals surface area contributed by atoms with E-state index in [9.17, 15) is 4.79 Å². The smallest absolute Gasteiger partial charge is 0.277 e. The van der Waals surface area contributed by atoms with E-state index in [2.05, 4.69) is 40.9 Å². The van der Waals surface area contributed by atoms with Gasteiger partial charge in [0.05, 0.1) is 25.0 Å². The molecule has 1 unspecified atom stereocenters. The fourth-order valence-corrected chi connectivity index (χ4v) is 4.71. The van der Waals surface area contributed by atoms with Crippen LogP contribution >= 0.6 is 0 Å². The summed E-state index contributed by atoms with van der Waals surface area (Å²) in [5, 5.41) is 0. The number of para-hydroxylation sites is 2. The minimum Gasteiger partial charge on any atom is -0.495 e. The summed E-state index contributed by atoms with van der Waals surface area (Å²) in [6.45, 7) is 4.94. The molecule has 2 saturated heterocycles. The standard InChI is InChI=1S/C22H30N4O2/c1-23-11-5-8-18(23)19-9-6-12-26(19)17-22(27)25-15-13-24(14-16-25)20-7-3-4-10-21(20)28-2/h3-5,7-8,10-11,19H,6,9,12-17H2,1-2H3/p+1/t19-/m0/s1. The zero-order valence-electron chi connectivity index (χ0n) is 16.9. The first kappa shape index (κ1) is 18.9. The van der Waals surface area contributed by atoms with Crippen molar-refractivity contribution in [1.82, 2.24) is 9.47 Å². The highest BCUT2D eigenvalue weighted by atomic mass is 16.5. The van der Waals surface area contributed by atoms with Crippen LogP contribution in [0, 0.1) is 0 Å². The normalized spacial score (nSPS) is 22.5. The van der Waals surface area contributed by atoms with Crippen molar-refractivity contribution in [3.05, 3.63) is 48.3 Å². The maximum atomic E-state index is 13.0. The lowest BCUT2D eigenvalue weighted by Crippen LogP contribution is -3.11. The van der Waals surface area contributed by atoms with Crippen LogP contribution < -0.4 is 14.5 Å². The van der Waals surface area contributed by atoms with E-state index in [-0.39, 0.29) is 5.91 Å². The molecule has 0 bridgehead atoms. The van der Waals surface area contributed by atoms with Crippen LogP contribution in [-0.2, 0) is 11.8 Å². The predicted octanol–water partition coefficient (Wildman–Crippen LogP) is 1.10. The Bertz CT molecular complexity index is 810. The van der Waals surface area contributed by atoms with E-state index in [4.69, 9.17) is 4.74 Å². The molecule has 6 nitrogen and oxygen atoms in total. The fraction of sp³-hybridized carbons (Fsp3) is 0.500. The van der Waals surface area contributed by atoms with Gasteiger partial charge in [0.1, 0.15) is 11.8 Å². The van der Waals surface area contributed by atoms with Gasteiger partial charge in [-0.2, -0.15) is 0 Å². The average molecular weight is 384 g/mol. The van der Waals surface area contributed by atoms with Crippen molar-refractivity contribution in [3.8, 4) is 5.75 Å². The van der Waals surface area contributed by atoms with Gasteiger partial charge in [0.2, 0.25) is 0 Å². The zero-order chi connectivity index (χ0) is 19.5. The molecule has 2 fully saturated rings. The van der Waals surface area contributed by atoms with E-state index >= 15 is 0 Å². The summed E-state index contributed by atoms with van der Waals surface area (Å²) in [5.74, 6) is 1.19. The Hall–Kier alpha value is -2.47. The summed E-state index contributed by atoms with van der Waals surface area (Å²) in [6.07, 6.45) is 4.46. The summed E-state index contributed by atoms with van der Waals surface area (Å²) in [7, 11) is 3.81. The molecule has 1 amide bonds. The molecule has 0 spiro atoms. The second kappa shape index (κ2) is 8.27. The Morgan fingerprint density at radius 3 is 2.64 bits per heavy atom. The third-order valence-electron chi connectivity index (χ3n) is 6.26. The molecule has 1 aromatic heterocycles. The van der Waals surface area contributed by atoms with E-state index in [0.717, 1.165) is 44.2 Å².